The summed E-state index contributed by atoms with van der Waals surface area (Å²) in [6.07, 6.45) is 2.24. The lowest BCUT2D eigenvalue weighted by molar-refractivity contribution is 0.108. The normalized spacial score (nSPS) is 11.3. The molecule has 0 bridgehead atoms. The van der Waals surface area contributed by atoms with Gasteiger partial charge in [0.05, 0.1) is 0 Å². The summed E-state index contributed by atoms with van der Waals surface area (Å²) >= 11 is 1.91. The molecule has 0 aromatic carbocycles. The van der Waals surface area contributed by atoms with E-state index < -0.39 is 0 Å². The highest BCUT2D eigenvalue weighted by Gasteiger charge is 1.98. The molecule has 1 N–H and O–H groups in total. The minimum absolute atomic E-state index is 0.640. The fourth-order valence-electron chi connectivity index (χ4n) is 1.54. The Kier molecular flexibility index (Phi) is 7.49. The van der Waals surface area contributed by atoms with Crippen LogP contribution in [-0.2, 0) is 17.7 Å². The van der Waals surface area contributed by atoms with Crippen molar-refractivity contribution in [1.29, 1.82) is 0 Å². The van der Waals surface area contributed by atoms with Gasteiger partial charge in [-0.25, -0.2) is 0 Å². The van der Waals surface area contributed by atoms with Crippen LogP contribution in [0.25, 0.3) is 0 Å². The van der Waals surface area contributed by atoms with E-state index in [2.05, 4.69) is 38.2 Å². The first-order chi connectivity index (χ1) is 8.22. The zero-order valence-corrected chi connectivity index (χ0v) is 12.1. The summed E-state index contributed by atoms with van der Waals surface area (Å²) < 4.78 is 5.53. The van der Waals surface area contributed by atoms with E-state index in [1.807, 2.05) is 11.3 Å². The van der Waals surface area contributed by atoms with E-state index in [0.717, 1.165) is 39.1 Å². The van der Waals surface area contributed by atoms with Crippen molar-refractivity contribution in [2.45, 2.75) is 40.2 Å². The predicted molar refractivity (Wildman–Crippen MR) is 75.7 cm³/mol. The number of hydrogen-bond donors (Lipinski definition) is 1. The smallest absolute Gasteiger partial charge is 0.0489 e. The third-order valence-corrected chi connectivity index (χ3v) is 3.69. The molecule has 0 saturated carbocycles. The summed E-state index contributed by atoms with van der Waals surface area (Å²) in [4.78, 5) is 2.91. The van der Waals surface area contributed by atoms with Gasteiger partial charge in [0.15, 0.2) is 0 Å². The van der Waals surface area contributed by atoms with Gasteiger partial charge in [0, 0.05) is 29.5 Å². The molecule has 3 heteroatoms. The average molecular weight is 255 g/mol. The molecule has 0 amide bonds. The number of ether oxygens (including phenoxy) is 1. The van der Waals surface area contributed by atoms with Crippen molar-refractivity contribution in [2.75, 3.05) is 19.8 Å². The van der Waals surface area contributed by atoms with Crippen LogP contribution in [-0.4, -0.2) is 19.8 Å². The van der Waals surface area contributed by atoms with Crippen LogP contribution in [0.4, 0.5) is 0 Å². The lowest BCUT2D eigenvalue weighted by atomic mass is 10.2. The van der Waals surface area contributed by atoms with E-state index in [0.29, 0.717) is 5.92 Å². The molecule has 1 heterocycles. The van der Waals surface area contributed by atoms with Crippen LogP contribution < -0.4 is 5.32 Å². The van der Waals surface area contributed by atoms with Crippen molar-refractivity contribution >= 4 is 11.3 Å². The van der Waals surface area contributed by atoms with Crippen molar-refractivity contribution in [2.24, 2.45) is 5.92 Å². The van der Waals surface area contributed by atoms with E-state index in [1.165, 1.54) is 9.75 Å². The Hall–Kier alpha value is -0.380. The Morgan fingerprint density at radius 2 is 2.06 bits per heavy atom. The molecule has 17 heavy (non-hydrogen) atoms. The molecule has 1 aromatic rings. The second kappa shape index (κ2) is 8.67. The molecule has 0 aliphatic heterocycles. The van der Waals surface area contributed by atoms with E-state index in [9.17, 15) is 0 Å². The fraction of sp³-hybridized carbons (Fsp3) is 0.714. The molecule has 0 aliphatic carbocycles. The summed E-state index contributed by atoms with van der Waals surface area (Å²) in [5, 5.41) is 3.46. The quantitative estimate of drug-likeness (QED) is 0.682. The topological polar surface area (TPSA) is 21.3 Å². The predicted octanol–water partition coefficient (Wildman–Crippen LogP) is 3.46. The molecule has 0 spiro atoms. The van der Waals surface area contributed by atoms with E-state index in [4.69, 9.17) is 4.74 Å². The summed E-state index contributed by atoms with van der Waals surface area (Å²) in [7, 11) is 0. The van der Waals surface area contributed by atoms with Crippen LogP contribution >= 0.6 is 11.3 Å². The van der Waals surface area contributed by atoms with Crippen molar-refractivity contribution in [1.82, 2.24) is 5.32 Å². The first-order valence-electron chi connectivity index (χ1n) is 6.58. The molecular weight excluding hydrogens is 230 g/mol. The summed E-state index contributed by atoms with van der Waals surface area (Å²) in [6, 6.07) is 4.46. The first-order valence-corrected chi connectivity index (χ1v) is 7.40. The molecular formula is C14H25NOS. The van der Waals surface area contributed by atoms with E-state index >= 15 is 0 Å². The molecule has 0 aliphatic rings. The molecule has 0 fully saturated rings. The average Bonchev–Trinajstić information content (AvgIpc) is 2.75. The van der Waals surface area contributed by atoms with Crippen LogP contribution in [0, 0.1) is 5.92 Å². The maximum atomic E-state index is 5.53. The summed E-state index contributed by atoms with van der Waals surface area (Å²) in [5.74, 6) is 0.640. The van der Waals surface area contributed by atoms with Crippen molar-refractivity contribution in [3.63, 3.8) is 0 Å². The van der Waals surface area contributed by atoms with Crippen LogP contribution in [0.3, 0.4) is 0 Å². The third-order valence-electron chi connectivity index (χ3n) is 2.46. The van der Waals surface area contributed by atoms with Gasteiger partial charge in [0.2, 0.25) is 0 Å². The van der Waals surface area contributed by atoms with Gasteiger partial charge in [-0.15, -0.1) is 11.3 Å². The molecule has 1 aromatic heterocycles. The first kappa shape index (κ1) is 14.7. The van der Waals surface area contributed by atoms with Crippen molar-refractivity contribution in [3.05, 3.63) is 21.9 Å². The number of hydrogen-bond acceptors (Lipinski definition) is 3. The Balaban J connectivity index is 1.97. The van der Waals surface area contributed by atoms with Gasteiger partial charge in [0.25, 0.3) is 0 Å². The molecule has 98 valence electrons. The standard InChI is InChI=1S/C14H25NOS/c1-4-13-6-7-14(17-13)10-15-8-5-9-16-11-12(2)3/h6-7,12,15H,4-5,8-11H2,1-3H3. The van der Waals surface area contributed by atoms with E-state index in [-0.39, 0.29) is 0 Å². The Labute approximate surface area is 109 Å². The van der Waals surface area contributed by atoms with Gasteiger partial charge in [0.1, 0.15) is 0 Å². The van der Waals surface area contributed by atoms with Crippen LogP contribution in [0.2, 0.25) is 0 Å². The highest BCUT2D eigenvalue weighted by Crippen LogP contribution is 2.16. The maximum absolute atomic E-state index is 5.53. The monoisotopic (exact) mass is 255 g/mol. The second-order valence-corrected chi connectivity index (χ2v) is 5.97. The molecule has 0 radical (unpaired) electrons. The minimum atomic E-state index is 0.640. The van der Waals surface area contributed by atoms with Crippen LogP contribution in [0.5, 0.6) is 0 Å². The van der Waals surface area contributed by atoms with Gasteiger partial charge in [-0.3, -0.25) is 0 Å². The van der Waals surface area contributed by atoms with Crippen LogP contribution in [0.15, 0.2) is 12.1 Å². The number of aryl methyl sites for hydroxylation is 1. The highest BCUT2D eigenvalue weighted by molar-refractivity contribution is 7.11. The lowest BCUT2D eigenvalue weighted by Gasteiger charge is -2.07. The van der Waals surface area contributed by atoms with Crippen molar-refractivity contribution < 1.29 is 4.74 Å². The Bertz CT molecular complexity index is 296. The van der Waals surface area contributed by atoms with Gasteiger partial charge >= 0.3 is 0 Å². The zero-order chi connectivity index (χ0) is 12.5. The lowest BCUT2D eigenvalue weighted by Crippen LogP contribution is -2.16. The van der Waals surface area contributed by atoms with Gasteiger partial charge in [-0.05, 0) is 37.4 Å². The number of rotatable bonds is 9. The third kappa shape index (κ3) is 6.81. The number of thiophene rings is 1. The molecule has 2 nitrogen and oxygen atoms in total. The second-order valence-electron chi connectivity index (χ2n) is 4.72. The Morgan fingerprint density at radius 3 is 2.71 bits per heavy atom. The molecule has 1 rings (SSSR count). The molecule has 0 saturated heterocycles. The van der Waals surface area contributed by atoms with Crippen molar-refractivity contribution in [3.8, 4) is 0 Å². The highest BCUT2D eigenvalue weighted by atomic mass is 32.1. The fourth-order valence-corrected chi connectivity index (χ4v) is 2.46. The Morgan fingerprint density at radius 1 is 1.29 bits per heavy atom. The van der Waals surface area contributed by atoms with Crippen LogP contribution in [0.1, 0.15) is 36.9 Å². The van der Waals surface area contributed by atoms with Gasteiger partial charge in [-0.1, -0.05) is 20.8 Å². The molecule has 0 atom stereocenters. The zero-order valence-electron chi connectivity index (χ0n) is 11.3. The number of nitrogens with one attached hydrogen (secondary N) is 1. The summed E-state index contributed by atoms with van der Waals surface area (Å²) in [6.45, 7) is 10.3. The molecule has 0 unspecified atom stereocenters. The largest absolute Gasteiger partial charge is 0.381 e. The van der Waals surface area contributed by atoms with E-state index in [1.54, 1.807) is 0 Å². The van der Waals surface area contributed by atoms with Gasteiger partial charge in [-0.2, -0.15) is 0 Å². The summed E-state index contributed by atoms with van der Waals surface area (Å²) in [5.41, 5.74) is 0. The maximum Gasteiger partial charge on any atom is 0.0489 e. The van der Waals surface area contributed by atoms with Gasteiger partial charge < -0.3 is 10.1 Å². The minimum Gasteiger partial charge on any atom is -0.381 e. The SMILES string of the molecule is CCc1ccc(CNCCCOCC(C)C)s1.